The van der Waals surface area contributed by atoms with Gasteiger partial charge in [0.1, 0.15) is 4.90 Å². The molecule has 2 unspecified atom stereocenters. The van der Waals surface area contributed by atoms with Gasteiger partial charge in [-0.25, -0.2) is 4.18 Å². The number of imide groups is 1. The Morgan fingerprint density at radius 2 is 1.25 bits per heavy atom. The number of rotatable bonds is 6. The Bertz CT molecular complexity index is 2700. The Balaban J connectivity index is 1.18. The number of aromatic nitrogens is 2. The molecular weight excluding hydrogens is 686 g/mol. The van der Waals surface area contributed by atoms with Crippen molar-refractivity contribution in [3.05, 3.63) is 101 Å². The molecule has 1 aliphatic heterocycles. The molecule has 21 heteroatoms. The summed E-state index contributed by atoms with van der Waals surface area (Å²) in [5.41, 5.74) is -6.17. The van der Waals surface area contributed by atoms with E-state index >= 15 is 0 Å². The summed E-state index contributed by atoms with van der Waals surface area (Å²) in [5, 5.41) is 17.0. The first-order valence-corrected chi connectivity index (χ1v) is 16.0. The van der Waals surface area contributed by atoms with Crippen molar-refractivity contribution in [2.24, 2.45) is 5.92 Å². The zero-order valence-electron chi connectivity index (χ0n) is 23.2. The Hall–Kier alpha value is -5.90. The number of allylic oxidation sites excluding steroid dienone is 1. The summed E-state index contributed by atoms with van der Waals surface area (Å²) in [4.78, 5) is 98.3. The van der Waals surface area contributed by atoms with E-state index in [1.54, 1.807) is 0 Å². The summed E-state index contributed by atoms with van der Waals surface area (Å²) in [6.07, 6.45) is -1.89. The maximum atomic E-state index is 13.1. The van der Waals surface area contributed by atoms with E-state index < -0.39 is 121 Å². The molecule has 2 aromatic heterocycles. The second-order valence-corrected chi connectivity index (χ2v) is 13.7. The Morgan fingerprint density at radius 3 is 1.83 bits per heavy atom. The SMILES string of the molecule is O=C1C2=C(CC3C(=O)N(O)C(=O)C3=C2)C(=O)C1OS(=O)(=O)c1cccc(S(=O)(=O)On2c(=O)c3cc4c(=O)n(O)c(=O)c4cc3c2=O)c1. The number of amides is 2. The number of carbonyl (C=O) groups is 4. The molecule has 4 aromatic rings. The van der Waals surface area contributed by atoms with Crippen LogP contribution in [0, 0.1) is 5.92 Å². The molecule has 2 aliphatic carbocycles. The van der Waals surface area contributed by atoms with Gasteiger partial charge in [-0.2, -0.15) is 21.9 Å². The van der Waals surface area contributed by atoms with Crippen LogP contribution in [0.2, 0.25) is 0 Å². The van der Waals surface area contributed by atoms with Crippen molar-refractivity contribution in [3.8, 4) is 0 Å². The monoisotopic (exact) mass is 699 g/mol. The van der Waals surface area contributed by atoms with Gasteiger partial charge < -0.3 is 5.21 Å². The molecular formula is C27H13N3O16S2. The molecule has 0 bridgehead atoms. The largest absolute Gasteiger partial charge is 0.422 e. The van der Waals surface area contributed by atoms with Crippen LogP contribution in [-0.4, -0.2) is 71.3 Å². The van der Waals surface area contributed by atoms with Crippen LogP contribution >= 0.6 is 0 Å². The molecule has 2 aromatic carbocycles. The molecule has 1 fully saturated rings. The lowest BCUT2D eigenvalue weighted by molar-refractivity contribution is -0.171. The van der Waals surface area contributed by atoms with Crippen LogP contribution in [-0.2, 0) is 43.6 Å². The number of hydroxylamine groups is 2. The van der Waals surface area contributed by atoms with Crippen LogP contribution in [0.5, 0.6) is 0 Å². The highest BCUT2D eigenvalue weighted by atomic mass is 32.2. The van der Waals surface area contributed by atoms with E-state index in [-0.39, 0.29) is 25.7 Å². The molecule has 2 amide bonds. The van der Waals surface area contributed by atoms with Crippen molar-refractivity contribution in [3.63, 3.8) is 0 Å². The van der Waals surface area contributed by atoms with Gasteiger partial charge in [0.05, 0.1) is 32.4 Å². The number of carbonyl (C=O) groups excluding carboxylic acids is 4. The molecule has 3 aliphatic rings. The smallest absolute Gasteiger partial charge is 0.357 e. The average Bonchev–Trinajstić information content (AvgIpc) is 3.60. The van der Waals surface area contributed by atoms with Crippen molar-refractivity contribution in [2.45, 2.75) is 22.3 Å². The molecule has 2 atom stereocenters. The van der Waals surface area contributed by atoms with E-state index in [4.69, 9.17) is 8.47 Å². The number of hydrogen-bond donors (Lipinski definition) is 2. The molecule has 48 heavy (non-hydrogen) atoms. The summed E-state index contributed by atoms with van der Waals surface area (Å²) >= 11 is 0. The van der Waals surface area contributed by atoms with Gasteiger partial charge >= 0.3 is 10.1 Å². The maximum absolute atomic E-state index is 13.1. The van der Waals surface area contributed by atoms with E-state index in [1.165, 1.54) is 0 Å². The van der Waals surface area contributed by atoms with Gasteiger partial charge in [-0.1, -0.05) is 10.8 Å². The molecule has 0 saturated carbocycles. The van der Waals surface area contributed by atoms with Crippen LogP contribution in [0.1, 0.15) is 6.42 Å². The van der Waals surface area contributed by atoms with Gasteiger partial charge in [-0.3, -0.25) is 47.8 Å². The normalized spacial score (nSPS) is 19.9. The zero-order chi connectivity index (χ0) is 34.8. The number of Topliss-reactive ketones (excluding diaryl/α,β-unsaturated/α-hetero) is 2. The van der Waals surface area contributed by atoms with E-state index in [0.29, 0.717) is 6.07 Å². The number of ketones is 2. The quantitative estimate of drug-likeness (QED) is 0.0676. The Labute approximate surface area is 263 Å². The molecule has 244 valence electrons. The maximum Gasteiger partial charge on any atom is 0.357 e. The first-order valence-electron chi connectivity index (χ1n) is 13.2. The predicted octanol–water partition coefficient (Wildman–Crippen LogP) is -2.81. The third-order valence-corrected chi connectivity index (χ3v) is 10.5. The number of benzene rings is 2. The predicted molar refractivity (Wildman–Crippen MR) is 151 cm³/mol. The highest BCUT2D eigenvalue weighted by molar-refractivity contribution is 7.87. The van der Waals surface area contributed by atoms with Crippen LogP contribution in [0.15, 0.2) is 88.2 Å². The fourth-order valence-electron chi connectivity index (χ4n) is 5.64. The molecule has 19 nitrogen and oxygen atoms in total. The fourth-order valence-corrected chi connectivity index (χ4v) is 7.71. The van der Waals surface area contributed by atoms with Gasteiger partial charge in [0.25, 0.3) is 44.2 Å². The molecule has 0 radical (unpaired) electrons. The van der Waals surface area contributed by atoms with Crippen LogP contribution in [0.4, 0.5) is 0 Å². The van der Waals surface area contributed by atoms with E-state index in [1.807, 2.05) is 0 Å². The van der Waals surface area contributed by atoms with Crippen molar-refractivity contribution in [1.29, 1.82) is 0 Å². The lowest BCUT2D eigenvalue weighted by Crippen LogP contribution is -2.35. The Morgan fingerprint density at radius 1 is 0.708 bits per heavy atom. The molecule has 7 rings (SSSR count). The summed E-state index contributed by atoms with van der Waals surface area (Å²) in [7, 11) is -10.3. The van der Waals surface area contributed by atoms with Gasteiger partial charge in [0.15, 0.2) is 5.78 Å². The lowest BCUT2D eigenvalue weighted by atomic mass is 9.85. The third-order valence-electron chi connectivity index (χ3n) is 8.01. The van der Waals surface area contributed by atoms with Gasteiger partial charge in [0, 0.05) is 16.7 Å². The van der Waals surface area contributed by atoms with Crippen molar-refractivity contribution in [2.75, 3.05) is 0 Å². The highest BCUT2D eigenvalue weighted by Gasteiger charge is 2.52. The minimum absolute atomic E-state index is 0.161. The second kappa shape index (κ2) is 9.80. The minimum Gasteiger partial charge on any atom is -0.422 e. The minimum atomic E-state index is -5.20. The van der Waals surface area contributed by atoms with Gasteiger partial charge in [-0.05, 0) is 42.8 Å². The average molecular weight is 700 g/mol. The Kier molecular flexibility index (Phi) is 6.28. The first-order chi connectivity index (χ1) is 22.4. The number of hydrogen-bond acceptors (Lipinski definition) is 16. The highest BCUT2D eigenvalue weighted by Crippen LogP contribution is 2.41. The first kappa shape index (κ1) is 30.7. The van der Waals surface area contributed by atoms with Crippen molar-refractivity contribution >= 4 is 65.2 Å². The molecule has 0 spiro atoms. The van der Waals surface area contributed by atoms with Crippen molar-refractivity contribution in [1.82, 2.24) is 14.5 Å². The van der Waals surface area contributed by atoms with E-state index in [0.717, 1.165) is 36.4 Å². The summed E-state index contributed by atoms with van der Waals surface area (Å²) < 4.78 is 61.6. The fraction of sp³-hybridized carbons (Fsp3) is 0.111. The number of fused-ring (bicyclic) bond motifs is 3. The van der Waals surface area contributed by atoms with Gasteiger partial charge in [0.2, 0.25) is 11.9 Å². The molecule has 2 N–H and O–H groups in total. The van der Waals surface area contributed by atoms with Crippen LogP contribution in [0.3, 0.4) is 0 Å². The summed E-state index contributed by atoms with van der Waals surface area (Å²) in [5.74, 6) is -5.79. The van der Waals surface area contributed by atoms with Gasteiger partial charge in [-0.15, -0.1) is 4.73 Å². The van der Waals surface area contributed by atoms with Crippen LogP contribution < -0.4 is 26.5 Å². The second-order valence-electron chi connectivity index (χ2n) is 10.6. The summed E-state index contributed by atoms with van der Waals surface area (Å²) in [6, 6.07) is 4.58. The van der Waals surface area contributed by atoms with Crippen molar-refractivity contribution < 1.29 is 54.9 Å². The zero-order valence-corrected chi connectivity index (χ0v) is 24.8. The third kappa shape index (κ3) is 4.11. The molecule has 3 heterocycles. The lowest BCUT2D eigenvalue weighted by Gasteiger charge is -2.14. The van der Waals surface area contributed by atoms with E-state index in [2.05, 4.69) is 0 Å². The molecule has 1 saturated heterocycles. The summed E-state index contributed by atoms with van der Waals surface area (Å²) in [6.45, 7) is 0. The van der Waals surface area contributed by atoms with Crippen LogP contribution in [0.25, 0.3) is 21.5 Å². The number of nitrogens with zero attached hydrogens (tertiary/aromatic N) is 3. The van der Waals surface area contributed by atoms with E-state index in [9.17, 15) is 65.6 Å². The standard InChI is InChI=1S/C27H13N3O16S2/c31-19-11-5-13-14(23(34)28(39)22(13)33)6-12(11)20(32)21(19)45-47(41,42)9-2-1-3-10(4-9)48(43,44)46-30-26(37)17-7-15-16(8-18(17)27(30)38)25(36)29(40)24(15)35/h1-5,7-8,14,21,39-40H,6H2. The topological polar surface area (TPSA) is 277 Å².